The quantitative estimate of drug-likeness (QED) is 0.200. The molecule has 0 amide bonds. The van der Waals surface area contributed by atoms with Gasteiger partial charge >= 0.3 is 0 Å². The van der Waals surface area contributed by atoms with Crippen molar-refractivity contribution in [2.45, 2.75) is 136 Å². The first kappa shape index (κ1) is 26.9. The van der Waals surface area contributed by atoms with Gasteiger partial charge in [0.15, 0.2) is 5.79 Å². The Morgan fingerprint density at radius 3 is 1.93 bits per heavy atom. The standard InChI is InChI=1S/C25H50O4/c1-5-7-8-9-10-11-12-13-14-15-16-17-18-23(27-19-6-2)20-26-21-24-22-28-25(3,4)29-24/h23-24H,5-22H2,1-4H3. The number of hydrogen-bond acceptors (Lipinski definition) is 4. The first-order chi connectivity index (χ1) is 14.1. The number of ether oxygens (including phenoxy) is 4. The molecule has 1 aliphatic heterocycles. The van der Waals surface area contributed by atoms with Crippen molar-refractivity contribution in [3.8, 4) is 0 Å². The fourth-order valence-corrected chi connectivity index (χ4v) is 3.89. The molecule has 2 atom stereocenters. The first-order valence-electron chi connectivity index (χ1n) is 12.6. The Labute approximate surface area is 181 Å². The maximum atomic E-state index is 6.00. The van der Waals surface area contributed by atoms with E-state index in [4.69, 9.17) is 18.9 Å². The smallest absolute Gasteiger partial charge is 0.163 e. The highest BCUT2D eigenvalue weighted by Gasteiger charge is 2.32. The van der Waals surface area contributed by atoms with E-state index in [2.05, 4.69) is 13.8 Å². The molecular formula is C25H50O4. The monoisotopic (exact) mass is 414 g/mol. The van der Waals surface area contributed by atoms with E-state index >= 15 is 0 Å². The predicted molar refractivity (Wildman–Crippen MR) is 121 cm³/mol. The van der Waals surface area contributed by atoms with Gasteiger partial charge in [-0.05, 0) is 26.7 Å². The molecule has 0 radical (unpaired) electrons. The van der Waals surface area contributed by atoms with Crippen molar-refractivity contribution in [1.29, 1.82) is 0 Å². The molecule has 1 heterocycles. The van der Waals surface area contributed by atoms with Gasteiger partial charge in [0, 0.05) is 6.61 Å². The van der Waals surface area contributed by atoms with Gasteiger partial charge < -0.3 is 18.9 Å². The van der Waals surface area contributed by atoms with Crippen LogP contribution in [0.4, 0.5) is 0 Å². The molecule has 1 rings (SSSR count). The molecule has 29 heavy (non-hydrogen) atoms. The Hall–Kier alpha value is -0.160. The van der Waals surface area contributed by atoms with Crippen molar-refractivity contribution in [3.05, 3.63) is 0 Å². The lowest BCUT2D eigenvalue weighted by molar-refractivity contribution is -0.147. The molecule has 1 fully saturated rings. The van der Waals surface area contributed by atoms with Crippen LogP contribution in [0.1, 0.15) is 118 Å². The van der Waals surface area contributed by atoms with Crippen molar-refractivity contribution in [3.63, 3.8) is 0 Å². The molecule has 0 aromatic rings. The molecule has 0 N–H and O–H groups in total. The Kier molecular flexibility index (Phi) is 16.2. The second-order valence-corrected chi connectivity index (χ2v) is 9.16. The average Bonchev–Trinajstić information content (AvgIpc) is 3.05. The molecule has 4 nitrogen and oxygen atoms in total. The number of hydrogen-bond donors (Lipinski definition) is 0. The molecule has 0 spiro atoms. The Morgan fingerprint density at radius 1 is 0.828 bits per heavy atom. The summed E-state index contributed by atoms with van der Waals surface area (Å²) >= 11 is 0. The molecule has 174 valence electrons. The topological polar surface area (TPSA) is 36.9 Å². The summed E-state index contributed by atoms with van der Waals surface area (Å²) in [4.78, 5) is 0. The minimum absolute atomic E-state index is 0.0449. The van der Waals surface area contributed by atoms with E-state index in [1.807, 2.05) is 13.8 Å². The molecule has 2 unspecified atom stereocenters. The van der Waals surface area contributed by atoms with Crippen LogP contribution in [0.5, 0.6) is 0 Å². The van der Waals surface area contributed by atoms with Crippen molar-refractivity contribution in [2.75, 3.05) is 26.4 Å². The summed E-state index contributed by atoms with van der Waals surface area (Å²) in [5.41, 5.74) is 0. The Balaban J connectivity index is 1.98. The van der Waals surface area contributed by atoms with Gasteiger partial charge in [0.05, 0.1) is 25.9 Å². The van der Waals surface area contributed by atoms with Crippen molar-refractivity contribution in [2.24, 2.45) is 0 Å². The van der Waals surface area contributed by atoms with E-state index in [1.165, 1.54) is 77.0 Å². The molecule has 0 aromatic carbocycles. The fourth-order valence-electron chi connectivity index (χ4n) is 3.89. The third kappa shape index (κ3) is 15.3. The van der Waals surface area contributed by atoms with Crippen LogP contribution >= 0.6 is 0 Å². The fraction of sp³-hybridized carbons (Fsp3) is 1.00. The summed E-state index contributed by atoms with van der Waals surface area (Å²) < 4.78 is 23.3. The van der Waals surface area contributed by atoms with Gasteiger partial charge in [0.2, 0.25) is 0 Å². The van der Waals surface area contributed by atoms with E-state index < -0.39 is 5.79 Å². The molecular weight excluding hydrogens is 364 g/mol. The van der Waals surface area contributed by atoms with E-state index in [-0.39, 0.29) is 12.2 Å². The van der Waals surface area contributed by atoms with Gasteiger partial charge in [-0.3, -0.25) is 0 Å². The van der Waals surface area contributed by atoms with E-state index in [1.54, 1.807) is 0 Å². The summed E-state index contributed by atoms with van der Waals surface area (Å²) in [6, 6.07) is 0. The number of unbranched alkanes of at least 4 members (excludes halogenated alkanes) is 11. The van der Waals surface area contributed by atoms with Gasteiger partial charge in [0.25, 0.3) is 0 Å². The molecule has 1 saturated heterocycles. The molecule has 0 saturated carbocycles. The van der Waals surface area contributed by atoms with Crippen LogP contribution in [0.15, 0.2) is 0 Å². The average molecular weight is 415 g/mol. The molecule has 1 aliphatic rings. The lowest BCUT2D eigenvalue weighted by Gasteiger charge is -2.20. The Morgan fingerprint density at radius 2 is 1.41 bits per heavy atom. The van der Waals surface area contributed by atoms with Crippen LogP contribution in [0.2, 0.25) is 0 Å². The minimum Gasteiger partial charge on any atom is -0.376 e. The van der Waals surface area contributed by atoms with E-state index in [0.717, 1.165) is 19.4 Å². The Bertz CT molecular complexity index is 359. The number of rotatable bonds is 20. The van der Waals surface area contributed by atoms with Crippen molar-refractivity contribution in [1.82, 2.24) is 0 Å². The summed E-state index contributed by atoms with van der Waals surface area (Å²) in [5, 5.41) is 0. The second kappa shape index (κ2) is 17.5. The van der Waals surface area contributed by atoms with Crippen LogP contribution in [-0.4, -0.2) is 44.4 Å². The van der Waals surface area contributed by atoms with Crippen LogP contribution in [0.3, 0.4) is 0 Å². The molecule has 0 aliphatic carbocycles. The third-order valence-corrected chi connectivity index (χ3v) is 5.61. The highest BCUT2D eigenvalue weighted by atomic mass is 16.7. The zero-order valence-corrected chi connectivity index (χ0v) is 20.0. The largest absolute Gasteiger partial charge is 0.376 e. The van der Waals surface area contributed by atoms with Gasteiger partial charge in [-0.15, -0.1) is 0 Å². The summed E-state index contributed by atoms with van der Waals surface area (Å²) in [6.45, 7) is 11.0. The third-order valence-electron chi connectivity index (χ3n) is 5.61. The van der Waals surface area contributed by atoms with E-state index in [9.17, 15) is 0 Å². The van der Waals surface area contributed by atoms with Crippen molar-refractivity contribution >= 4 is 0 Å². The summed E-state index contributed by atoms with van der Waals surface area (Å²) in [6.07, 6.45) is 19.1. The van der Waals surface area contributed by atoms with Gasteiger partial charge in [0.1, 0.15) is 6.10 Å². The van der Waals surface area contributed by atoms with E-state index in [0.29, 0.717) is 19.8 Å². The summed E-state index contributed by atoms with van der Waals surface area (Å²) in [7, 11) is 0. The zero-order chi connectivity index (χ0) is 21.2. The highest BCUT2D eigenvalue weighted by molar-refractivity contribution is 4.70. The molecule has 4 heteroatoms. The van der Waals surface area contributed by atoms with Crippen molar-refractivity contribution < 1.29 is 18.9 Å². The zero-order valence-electron chi connectivity index (χ0n) is 20.0. The molecule has 0 aromatic heterocycles. The normalized spacial score (nSPS) is 19.7. The second-order valence-electron chi connectivity index (χ2n) is 9.16. The van der Waals surface area contributed by atoms with Gasteiger partial charge in [-0.25, -0.2) is 0 Å². The minimum atomic E-state index is -0.471. The lowest BCUT2D eigenvalue weighted by Crippen LogP contribution is -2.27. The molecule has 0 bridgehead atoms. The lowest BCUT2D eigenvalue weighted by atomic mass is 10.0. The first-order valence-corrected chi connectivity index (χ1v) is 12.6. The van der Waals surface area contributed by atoms with Gasteiger partial charge in [-0.1, -0.05) is 90.9 Å². The van der Waals surface area contributed by atoms with Gasteiger partial charge in [-0.2, -0.15) is 0 Å². The highest BCUT2D eigenvalue weighted by Crippen LogP contribution is 2.22. The maximum Gasteiger partial charge on any atom is 0.163 e. The SMILES string of the molecule is CCCCCCCCCCCCCCC(COCC1COC(C)(C)O1)OCCC. The van der Waals surface area contributed by atoms with Crippen LogP contribution < -0.4 is 0 Å². The van der Waals surface area contributed by atoms with Crippen LogP contribution in [0, 0.1) is 0 Å². The predicted octanol–water partition coefficient (Wildman–Crippen LogP) is 7.04. The maximum absolute atomic E-state index is 6.00. The van der Waals surface area contributed by atoms with Crippen LogP contribution in [0.25, 0.3) is 0 Å². The van der Waals surface area contributed by atoms with Crippen LogP contribution in [-0.2, 0) is 18.9 Å². The summed E-state index contributed by atoms with van der Waals surface area (Å²) in [5.74, 6) is -0.471.